The molecule has 1 nitrogen and oxygen atoms in total. The molecular weight excluding hydrogens is 274 g/mol. The first kappa shape index (κ1) is 16.3. The molecule has 2 rings (SSSR count). The Hall–Kier alpha value is -1.12. The summed E-state index contributed by atoms with van der Waals surface area (Å²) in [5, 5.41) is 0. The maximum Gasteiger partial charge on any atom is 0.0648 e. The standard InChI is InChI=1S/C19H27NS/c1-6-15-8-10-18(21-15)19(20)16-9-7-14(12(2)3)11-17(16)13(4)5/h7-13,19H,6,20H2,1-5H3. The van der Waals surface area contributed by atoms with Crippen LogP contribution < -0.4 is 5.73 Å². The average Bonchev–Trinajstić information content (AvgIpc) is 2.94. The zero-order valence-electron chi connectivity index (χ0n) is 13.8. The Morgan fingerprint density at radius 3 is 2.19 bits per heavy atom. The van der Waals surface area contributed by atoms with Gasteiger partial charge in [0.1, 0.15) is 0 Å². The van der Waals surface area contributed by atoms with Crippen LogP contribution in [-0.2, 0) is 6.42 Å². The minimum Gasteiger partial charge on any atom is -0.320 e. The van der Waals surface area contributed by atoms with E-state index in [2.05, 4.69) is 65.0 Å². The number of hydrogen-bond acceptors (Lipinski definition) is 2. The molecule has 0 fully saturated rings. The van der Waals surface area contributed by atoms with Crippen LogP contribution in [0.25, 0.3) is 0 Å². The van der Waals surface area contributed by atoms with Crippen molar-refractivity contribution in [1.29, 1.82) is 0 Å². The molecule has 1 unspecified atom stereocenters. The van der Waals surface area contributed by atoms with Gasteiger partial charge in [-0.3, -0.25) is 0 Å². The Labute approximate surface area is 133 Å². The van der Waals surface area contributed by atoms with E-state index >= 15 is 0 Å². The van der Waals surface area contributed by atoms with Gasteiger partial charge in [-0.15, -0.1) is 11.3 Å². The fourth-order valence-corrected chi connectivity index (χ4v) is 3.61. The van der Waals surface area contributed by atoms with Crippen LogP contribution in [0, 0.1) is 0 Å². The summed E-state index contributed by atoms with van der Waals surface area (Å²) in [6.07, 6.45) is 1.08. The van der Waals surface area contributed by atoms with Gasteiger partial charge in [-0.2, -0.15) is 0 Å². The van der Waals surface area contributed by atoms with Crippen LogP contribution >= 0.6 is 11.3 Å². The molecule has 0 spiro atoms. The maximum atomic E-state index is 6.56. The van der Waals surface area contributed by atoms with Crippen molar-refractivity contribution in [2.75, 3.05) is 0 Å². The molecule has 0 saturated carbocycles. The average molecular weight is 301 g/mol. The number of nitrogens with two attached hydrogens (primary N) is 1. The third-order valence-corrected chi connectivity index (χ3v) is 5.38. The molecule has 0 aliphatic carbocycles. The summed E-state index contributed by atoms with van der Waals surface area (Å²) in [6.45, 7) is 11.2. The van der Waals surface area contributed by atoms with E-state index in [1.165, 1.54) is 26.4 Å². The van der Waals surface area contributed by atoms with E-state index in [9.17, 15) is 0 Å². The largest absolute Gasteiger partial charge is 0.320 e. The van der Waals surface area contributed by atoms with Gasteiger partial charge in [-0.05, 0) is 47.1 Å². The van der Waals surface area contributed by atoms with Crippen LogP contribution in [0.1, 0.15) is 78.9 Å². The lowest BCUT2D eigenvalue weighted by Gasteiger charge is -2.20. The molecule has 0 aliphatic heterocycles. The first-order chi connectivity index (χ1) is 9.93. The van der Waals surface area contributed by atoms with Crippen molar-refractivity contribution in [3.05, 3.63) is 56.8 Å². The first-order valence-corrected chi connectivity index (χ1v) is 8.73. The van der Waals surface area contributed by atoms with Gasteiger partial charge in [-0.1, -0.05) is 52.8 Å². The second-order valence-electron chi connectivity index (χ2n) is 6.33. The van der Waals surface area contributed by atoms with Crippen LogP contribution in [0.5, 0.6) is 0 Å². The third kappa shape index (κ3) is 3.56. The molecule has 2 heteroatoms. The van der Waals surface area contributed by atoms with Gasteiger partial charge >= 0.3 is 0 Å². The minimum atomic E-state index is -0.00564. The van der Waals surface area contributed by atoms with E-state index < -0.39 is 0 Å². The first-order valence-electron chi connectivity index (χ1n) is 7.92. The van der Waals surface area contributed by atoms with E-state index in [4.69, 9.17) is 5.73 Å². The Kier molecular flexibility index (Phi) is 5.23. The molecule has 2 N–H and O–H groups in total. The lowest BCUT2D eigenvalue weighted by Crippen LogP contribution is -2.14. The van der Waals surface area contributed by atoms with Gasteiger partial charge in [-0.25, -0.2) is 0 Å². The molecule has 0 amide bonds. The molecule has 0 saturated heterocycles. The van der Waals surface area contributed by atoms with Crippen LogP contribution in [-0.4, -0.2) is 0 Å². The van der Waals surface area contributed by atoms with Crippen LogP contribution in [0.2, 0.25) is 0 Å². The summed E-state index contributed by atoms with van der Waals surface area (Å²) in [5.74, 6) is 1.05. The van der Waals surface area contributed by atoms with Crippen molar-refractivity contribution in [2.24, 2.45) is 5.73 Å². The molecule has 0 radical (unpaired) electrons. The molecule has 1 atom stereocenters. The van der Waals surface area contributed by atoms with E-state index in [1.54, 1.807) is 0 Å². The van der Waals surface area contributed by atoms with Gasteiger partial charge in [0.25, 0.3) is 0 Å². The highest BCUT2D eigenvalue weighted by Crippen LogP contribution is 2.33. The molecule has 1 heterocycles. The minimum absolute atomic E-state index is 0.00564. The second kappa shape index (κ2) is 6.76. The Bertz CT molecular complexity index is 595. The van der Waals surface area contributed by atoms with Crippen LogP contribution in [0.3, 0.4) is 0 Å². The molecule has 1 aromatic heterocycles. The van der Waals surface area contributed by atoms with Crippen molar-refractivity contribution in [3.8, 4) is 0 Å². The summed E-state index contributed by atoms with van der Waals surface area (Å²) in [4.78, 5) is 2.68. The summed E-state index contributed by atoms with van der Waals surface area (Å²) in [5.41, 5.74) is 10.6. The number of benzene rings is 1. The number of thiophene rings is 1. The third-order valence-electron chi connectivity index (χ3n) is 4.07. The van der Waals surface area contributed by atoms with E-state index in [1.807, 2.05) is 11.3 Å². The van der Waals surface area contributed by atoms with E-state index in [-0.39, 0.29) is 6.04 Å². The summed E-state index contributed by atoms with van der Waals surface area (Å²) < 4.78 is 0. The van der Waals surface area contributed by atoms with Gasteiger partial charge in [0, 0.05) is 9.75 Å². The monoisotopic (exact) mass is 301 g/mol. The number of aryl methyl sites for hydroxylation is 1. The Morgan fingerprint density at radius 2 is 1.67 bits per heavy atom. The molecule has 114 valence electrons. The lowest BCUT2D eigenvalue weighted by atomic mass is 9.88. The van der Waals surface area contributed by atoms with E-state index in [0.717, 1.165) is 6.42 Å². The summed E-state index contributed by atoms with van der Waals surface area (Å²) in [6, 6.07) is 11.2. The van der Waals surface area contributed by atoms with Gasteiger partial charge in [0.2, 0.25) is 0 Å². The van der Waals surface area contributed by atoms with Crippen molar-refractivity contribution in [2.45, 2.75) is 58.9 Å². The predicted molar refractivity (Wildman–Crippen MR) is 94.3 cm³/mol. The van der Waals surface area contributed by atoms with Crippen molar-refractivity contribution >= 4 is 11.3 Å². The highest BCUT2D eigenvalue weighted by molar-refractivity contribution is 7.12. The topological polar surface area (TPSA) is 26.0 Å². The summed E-state index contributed by atoms with van der Waals surface area (Å²) >= 11 is 1.84. The molecule has 21 heavy (non-hydrogen) atoms. The molecule has 0 aliphatic rings. The number of hydrogen-bond donors (Lipinski definition) is 1. The molecular formula is C19H27NS. The summed E-state index contributed by atoms with van der Waals surface area (Å²) in [7, 11) is 0. The predicted octanol–water partition coefficient (Wildman–Crippen LogP) is 5.61. The van der Waals surface area contributed by atoms with Crippen molar-refractivity contribution < 1.29 is 0 Å². The smallest absolute Gasteiger partial charge is 0.0648 e. The van der Waals surface area contributed by atoms with Gasteiger partial charge < -0.3 is 5.73 Å². The van der Waals surface area contributed by atoms with Crippen molar-refractivity contribution in [3.63, 3.8) is 0 Å². The maximum absolute atomic E-state index is 6.56. The SMILES string of the molecule is CCc1ccc(C(N)c2ccc(C(C)C)cc2C(C)C)s1. The fraction of sp³-hybridized carbons (Fsp3) is 0.474. The zero-order chi connectivity index (χ0) is 15.6. The second-order valence-corrected chi connectivity index (χ2v) is 7.53. The Balaban J connectivity index is 2.42. The highest BCUT2D eigenvalue weighted by atomic mass is 32.1. The Morgan fingerprint density at radius 1 is 0.952 bits per heavy atom. The fourth-order valence-electron chi connectivity index (χ4n) is 2.64. The molecule has 0 bridgehead atoms. The van der Waals surface area contributed by atoms with Gasteiger partial charge in [0.05, 0.1) is 6.04 Å². The van der Waals surface area contributed by atoms with E-state index in [0.29, 0.717) is 11.8 Å². The quantitative estimate of drug-likeness (QED) is 0.763. The normalized spacial score (nSPS) is 13.1. The highest BCUT2D eigenvalue weighted by Gasteiger charge is 2.18. The molecule has 2 aromatic rings. The van der Waals surface area contributed by atoms with Crippen molar-refractivity contribution in [1.82, 2.24) is 0 Å². The van der Waals surface area contributed by atoms with Gasteiger partial charge in [0.15, 0.2) is 0 Å². The van der Waals surface area contributed by atoms with Crippen LogP contribution in [0.15, 0.2) is 30.3 Å². The zero-order valence-corrected chi connectivity index (χ0v) is 14.6. The lowest BCUT2D eigenvalue weighted by molar-refractivity contribution is 0.787. The van der Waals surface area contributed by atoms with Crippen LogP contribution in [0.4, 0.5) is 0 Å². The number of rotatable bonds is 5. The molecule has 1 aromatic carbocycles.